The molecule has 1 aliphatic rings. The summed E-state index contributed by atoms with van der Waals surface area (Å²) in [5.41, 5.74) is 6.72. The fraction of sp³-hybridized carbons (Fsp3) is 0.0870. The first-order chi connectivity index (χ1) is 12.8. The number of benzene rings is 3. The molecule has 0 spiro atoms. The van der Waals surface area contributed by atoms with Crippen molar-refractivity contribution in [2.45, 2.75) is 6.61 Å². The molecule has 0 aliphatic carbocycles. The van der Waals surface area contributed by atoms with Crippen LogP contribution in [0.2, 0.25) is 0 Å². The average Bonchev–Trinajstić information content (AvgIpc) is 2.97. The van der Waals surface area contributed by atoms with Crippen LogP contribution >= 0.6 is 0 Å². The third kappa shape index (κ3) is 1.75. The van der Waals surface area contributed by atoms with Crippen LogP contribution in [0.15, 0.2) is 66.7 Å². The highest BCUT2D eigenvalue weighted by atomic mass is 16.5. The summed E-state index contributed by atoms with van der Waals surface area (Å²) in [4.78, 5) is 4.96. The standard InChI is InChI=1S/C23H16N2O/c1-25-20-9-5-3-7-16(20)17-11-18-22(12-21(17)25)26-13-15-10-14-6-2-4-8-19(14)24-23(15)18/h2-12H,13H2,1H3. The number of hydrogen-bond donors (Lipinski definition) is 0. The molecule has 0 radical (unpaired) electrons. The van der Waals surface area contributed by atoms with E-state index in [1.165, 1.54) is 21.8 Å². The van der Waals surface area contributed by atoms with Crippen molar-refractivity contribution in [2.75, 3.05) is 0 Å². The van der Waals surface area contributed by atoms with Crippen molar-refractivity contribution < 1.29 is 4.74 Å². The smallest absolute Gasteiger partial charge is 0.131 e. The third-order valence-corrected chi connectivity index (χ3v) is 5.46. The van der Waals surface area contributed by atoms with Crippen LogP contribution < -0.4 is 4.74 Å². The van der Waals surface area contributed by atoms with Gasteiger partial charge in [-0.2, -0.15) is 0 Å². The quantitative estimate of drug-likeness (QED) is 0.376. The lowest BCUT2D eigenvalue weighted by Gasteiger charge is -2.21. The average molecular weight is 336 g/mol. The Bertz CT molecular complexity index is 1350. The SMILES string of the molecule is Cn1c2ccccc2c2cc3c(cc21)OCc1cc2ccccc2nc1-3. The van der Waals surface area contributed by atoms with E-state index < -0.39 is 0 Å². The van der Waals surface area contributed by atoms with Gasteiger partial charge in [-0.25, -0.2) is 4.98 Å². The van der Waals surface area contributed by atoms with E-state index in [-0.39, 0.29) is 0 Å². The summed E-state index contributed by atoms with van der Waals surface area (Å²) in [5.74, 6) is 0.915. The Labute approximate surface area is 150 Å². The van der Waals surface area contributed by atoms with Crippen LogP contribution in [0.3, 0.4) is 0 Å². The van der Waals surface area contributed by atoms with Crippen molar-refractivity contribution in [3.05, 3.63) is 72.3 Å². The first-order valence-electron chi connectivity index (χ1n) is 8.82. The molecule has 5 aromatic rings. The van der Waals surface area contributed by atoms with E-state index in [1.54, 1.807) is 0 Å². The molecule has 124 valence electrons. The van der Waals surface area contributed by atoms with E-state index in [1.807, 2.05) is 12.1 Å². The van der Waals surface area contributed by atoms with E-state index in [4.69, 9.17) is 9.72 Å². The van der Waals surface area contributed by atoms with Gasteiger partial charge in [0.25, 0.3) is 0 Å². The maximum absolute atomic E-state index is 6.10. The Morgan fingerprint density at radius 3 is 2.69 bits per heavy atom. The number of nitrogens with zero attached hydrogens (tertiary/aromatic N) is 2. The highest BCUT2D eigenvalue weighted by Gasteiger charge is 2.22. The largest absolute Gasteiger partial charge is 0.488 e. The van der Waals surface area contributed by atoms with Crippen molar-refractivity contribution in [3.8, 4) is 17.0 Å². The topological polar surface area (TPSA) is 27.1 Å². The monoisotopic (exact) mass is 336 g/mol. The molecule has 1 aliphatic heterocycles. The van der Waals surface area contributed by atoms with Gasteiger partial charge in [0.2, 0.25) is 0 Å². The minimum absolute atomic E-state index is 0.565. The molecule has 26 heavy (non-hydrogen) atoms. The maximum Gasteiger partial charge on any atom is 0.131 e. The predicted octanol–water partition coefficient (Wildman–Crippen LogP) is 5.44. The molecule has 6 rings (SSSR count). The Hall–Kier alpha value is -3.33. The van der Waals surface area contributed by atoms with Crippen LogP contribution in [-0.4, -0.2) is 9.55 Å². The molecule has 3 aromatic carbocycles. The molecule has 3 heterocycles. The molecule has 3 heteroatoms. The maximum atomic E-state index is 6.10. The van der Waals surface area contributed by atoms with Gasteiger partial charge in [0.05, 0.1) is 16.7 Å². The van der Waals surface area contributed by atoms with E-state index in [0.717, 1.165) is 33.5 Å². The van der Waals surface area contributed by atoms with Crippen molar-refractivity contribution >= 4 is 32.7 Å². The Morgan fingerprint density at radius 1 is 0.885 bits per heavy atom. The number of fused-ring (bicyclic) bond motifs is 7. The molecule has 0 saturated carbocycles. The van der Waals surface area contributed by atoms with Gasteiger partial charge in [0.15, 0.2) is 0 Å². The molecule has 0 saturated heterocycles. The molecule has 0 fully saturated rings. The molecule has 3 nitrogen and oxygen atoms in total. The zero-order chi connectivity index (χ0) is 17.3. The van der Waals surface area contributed by atoms with Crippen LogP contribution in [0.5, 0.6) is 5.75 Å². The number of para-hydroxylation sites is 2. The van der Waals surface area contributed by atoms with Gasteiger partial charge in [-0.1, -0.05) is 36.4 Å². The number of aromatic nitrogens is 2. The zero-order valence-corrected chi connectivity index (χ0v) is 14.4. The lowest BCUT2D eigenvalue weighted by molar-refractivity contribution is 0.302. The second-order valence-corrected chi connectivity index (χ2v) is 6.92. The molecular weight excluding hydrogens is 320 g/mol. The minimum atomic E-state index is 0.565. The molecule has 0 amide bonds. The second-order valence-electron chi connectivity index (χ2n) is 6.92. The summed E-state index contributed by atoms with van der Waals surface area (Å²) >= 11 is 0. The summed E-state index contributed by atoms with van der Waals surface area (Å²) in [6.07, 6.45) is 0. The lowest BCUT2D eigenvalue weighted by Crippen LogP contribution is -2.07. The van der Waals surface area contributed by atoms with Crippen molar-refractivity contribution in [1.29, 1.82) is 0 Å². The van der Waals surface area contributed by atoms with Crippen LogP contribution in [-0.2, 0) is 13.7 Å². The van der Waals surface area contributed by atoms with Crippen LogP contribution in [0.4, 0.5) is 0 Å². The number of aryl methyl sites for hydroxylation is 1. The van der Waals surface area contributed by atoms with Crippen LogP contribution in [0, 0.1) is 0 Å². The van der Waals surface area contributed by atoms with Gasteiger partial charge < -0.3 is 9.30 Å². The fourth-order valence-corrected chi connectivity index (χ4v) is 4.15. The number of ether oxygens (including phenoxy) is 1. The summed E-state index contributed by atoms with van der Waals surface area (Å²) in [6.45, 7) is 0.565. The van der Waals surface area contributed by atoms with E-state index in [0.29, 0.717) is 6.61 Å². The van der Waals surface area contributed by atoms with Crippen molar-refractivity contribution in [3.63, 3.8) is 0 Å². The molecule has 0 bridgehead atoms. The van der Waals surface area contributed by atoms with Gasteiger partial charge in [-0.3, -0.25) is 0 Å². The second kappa shape index (κ2) is 4.85. The van der Waals surface area contributed by atoms with Gasteiger partial charge in [0, 0.05) is 45.9 Å². The molecule has 0 unspecified atom stereocenters. The molecule has 2 aromatic heterocycles. The van der Waals surface area contributed by atoms with Gasteiger partial charge in [0.1, 0.15) is 12.4 Å². The van der Waals surface area contributed by atoms with Crippen LogP contribution in [0.25, 0.3) is 44.0 Å². The summed E-state index contributed by atoms with van der Waals surface area (Å²) in [6, 6.07) is 23.4. The first-order valence-corrected chi connectivity index (χ1v) is 8.82. The van der Waals surface area contributed by atoms with Gasteiger partial charge in [-0.05, 0) is 24.3 Å². The molecular formula is C23H16N2O. The fourth-order valence-electron chi connectivity index (χ4n) is 4.15. The Kier molecular flexibility index (Phi) is 2.60. The van der Waals surface area contributed by atoms with E-state index in [2.05, 4.69) is 66.2 Å². The highest BCUT2D eigenvalue weighted by Crippen LogP contribution is 2.42. The minimum Gasteiger partial charge on any atom is -0.488 e. The molecule has 0 N–H and O–H groups in total. The number of rotatable bonds is 0. The number of pyridine rings is 1. The van der Waals surface area contributed by atoms with E-state index in [9.17, 15) is 0 Å². The Morgan fingerprint density at radius 2 is 1.73 bits per heavy atom. The Balaban J connectivity index is 1.72. The predicted molar refractivity (Wildman–Crippen MR) is 105 cm³/mol. The van der Waals surface area contributed by atoms with Crippen molar-refractivity contribution in [1.82, 2.24) is 9.55 Å². The number of hydrogen-bond acceptors (Lipinski definition) is 2. The van der Waals surface area contributed by atoms with Gasteiger partial charge in [-0.15, -0.1) is 0 Å². The summed E-state index contributed by atoms with van der Waals surface area (Å²) in [7, 11) is 2.11. The van der Waals surface area contributed by atoms with E-state index >= 15 is 0 Å². The van der Waals surface area contributed by atoms with Gasteiger partial charge >= 0.3 is 0 Å². The normalized spacial score (nSPS) is 13.0. The zero-order valence-electron chi connectivity index (χ0n) is 14.4. The summed E-state index contributed by atoms with van der Waals surface area (Å²) < 4.78 is 8.34. The van der Waals surface area contributed by atoms with Crippen molar-refractivity contribution in [2.24, 2.45) is 7.05 Å². The van der Waals surface area contributed by atoms with Crippen LogP contribution in [0.1, 0.15) is 5.56 Å². The first kappa shape index (κ1) is 13.9. The third-order valence-electron chi connectivity index (χ3n) is 5.46. The lowest BCUT2D eigenvalue weighted by atomic mass is 9.98. The summed E-state index contributed by atoms with van der Waals surface area (Å²) in [5, 5.41) is 3.67. The molecule has 0 atom stereocenters. The highest BCUT2D eigenvalue weighted by molar-refractivity contribution is 6.10.